The number of ether oxygens (including phenoxy) is 4. The first-order valence-corrected chi connectivity index (χ1v) is 18.5. The molecule has 3 aliphatic rings. The van der Waals surface area contributed by atoms with Crippen LogP contribution in [0.3, 0.4) is 0 Å². The number of hydrogen-bond acceptors (Lipinski definition) is 10. The van der Waals surface area contributed by atoms with Crippen molar-refractivity contribution in [2.75, 3.05) is 58.4 Å². The van der Waals surface area contributed by atoms with Crippen LogP contribution in [0.5, 0.6) is 23.0 Å². The number of aryl methyl sites for hydroxylation is 2. The molecule has 13 nitrogen and oxygen atoms in total. The molecule has 276 valence electrons. The Hall–Kier alpha value is -5.63. The van der Waals surface area contributed by atoms with Crippen molar-refractivity contribution in [2.24, 2.45) is 0 Å². The monoisotopic (exact) mass is 739 g/mol. The fourth-order valence-electron chi connectivity index (χ4n) is 6.74. The third-order valence-corrected chi connectivity index (χ3v) is 10.4. The van der Waals surface area contributed by atoms with Gasteiger partial charge in [0.05, 0.1) is 36.7 Å². The third-order valence-electron chi connectivity index (χ3n) is 9.38. The first-order chi connectivity index (χ1) is 25.7. The smallest absolute Gasteiger partial charge is 0.266 e. The Balaban J connectivity index is 1.20. The lowest BCUT2D eigenvalue weighted by atomic mass is 9.98. The number of thiazole rings is 1. The van der Waals surface area contributed by atoms with E-state index in [4.69, 9.17) is 18.9 Å². The minimum absolute atomic E-state index is 0.109. The maximum atomic E-state index is 13.8. The Morgan fingerprint density at radius 2 is 1.70 bits per heavy atom. The summed E-state index contributed by atoms with van der Waals surface area (Å²) in [5, 5.41) is 6.60. The quantitative estimate of drug-likeness (QED) is 0.288. The Kier molecular flexibility index (Phi) is 10.5. The minimum atomic E-state index is -0.244. The lowest BCUT2D eigenvalue weighted by Gasteiger charge is -2.24. The highest BCUT2D eigenvalue weighted by Crippen LogP contribution is 2.42. The van der Waals surface area contributed by atoms with Crippen LogP contribution in [0, 0.1) is 13.8 Å². The molecule has 0 aliphatic carbocycles. The average molecular weight is 740 g/mol. The number of hydrogen-bond donors (Lipinski definition) is 2. The molecule has 14 heteroatoms. The first kappa shape index (κ1) is 35.8. The first-order valence-electron chi connectivity index (χ1n) is 17.7. The average Bonchev–Trinajstić information content (AvgIpc) is 3.35. The number of nitrogens with one attached hydrogen (secondary N) is 2. The molecule has 0 spiro atoms. The molecule has 3 aliphatic heterocycles. The molecule has 2 N–H and O–H groups in total. The molecule has 1 aromatic heterocycles. The van der Waals surface area contributed by atoms with Gasteiger partial charge < -0.3 is 39.4 Å². The Bertz CT molecular complexity index is 2080. The van der Waals surface area contributed by atoms with E-state index in [-0.39, 0.29) is 50.0 Å². The van der Waals surface area contributed by atoms with E-state index in [0.717, 1.165) is 16.1 Å². The van der Waals surface area contributed by atoms with Crippen molar-refractivity contribution in [3.8, 4) is 34.1 Å². The molecule has 53 heavy (non-hydrogen) atoms. The number of carbonyl (C=O) groups is 4. The van der Waals surface area contributed by atoms with Crippen molar-refractivity contribution < 1.29 is 38.1 Å². The van der Waals surface area contributed by atoms with Gasteiger partial charge in [-0.3, -0.25) is 19.2 Å². The molecule has 3 aromatic carbocycles. The summed E-state index contributed by atoms with van der Waals surface area (Å²) in [6.45, 7) is 6.11. The second-order valence-electron chi connectivity index (χ2n) is 13.1. The molecule has 4 aromatic rings. The second-order valence-corrected chi connectivity index (χ2v) is 14.3. The fourth-order valence-corrected chi connectivity index (χ4v) is 7.63. The van der Waals surface area contributed by atoms with E-state index < -0.39 is 0 Å². The van der Waals surface area contributed by atoms with Gasteiger partial charge in [-0.25, -0.2) is 4.98 Å². The summed E-state index contributed by atoms with van der Waals surface area (Å²) < 4.78 is 24.1. The van der Waals surface area contributed by atoms with Crippen LogP contribution in [-0.2, 0) is 11.3 Å². The summed E-state index contributed by atoms with van der Waals surface area (Å²) in [6, 6.07) is 14.1. The van der Waals surface area contributed by atoms with Gasteiger partial charge in [0.15, 0.2) is 18.1 Å². The zero-order chi connectivity index (χ0) is 37.1. The highest BCUT2D eigenvalue weighted by atomic mass is 32.1. The van der Waals surface area contributed by atoms with Crippen molar-refractivity contribution in [2.45, 2.75) is 39.7 Å². The molecule has 7 rings (SSSR count). The number of rotatable bonds is 3. The van der Waals surface area contributed by atoms with Crippen LogP contribution in [0.25, 0.3) is 11.1 Å². The zero-order valence-corrected chi connectivity index (χ0v) is 30.7. The molecule has 4 amide bonds. The van der Waals surface area contributed by atoms with Gasteiger partial charge in [-0.1, -0.05) is 0 Å². The maximum Gasteiger partial charge on any atom is 0.266 e. The molecule has 4 heterocycles. The van der Waals surface area contributed by atoms with Crippen molar-refractivity contribution in [3.63, 3.8) is 0 Å². The summed E-state index contributed by atoms with van der Waals surface area (Å²) in [5.41, 5.74) is 4.32. The number of carbonyl (C=O) groups excluding carboxylic acids is 4. The van der Waals surface area contributed by atoms with Crippen LogP contribution in [0.2, 0.25) is 0 Å². The van der Waals surface area contributed by atoms with Crippen molar-refractivity contribution >= 4 is 40.7 Å². The SMILES string of the molecule is COc1ccc2cc1-c1cc3c(c(c1)OCCCN(C(=O)c1ccc4c(c1)OCC(=O)N4)CCCCNC2=O)OCCN(C(=O)c1sc(C)nc1C)C3. The minimum Gasteiger partial charge on any atom is -0.496 e. The second kappa shape index (κ2) is 15.5. The van der Waals surface area contributed by atoms with Gasteiger partial charge in [-0.2, -0.15) is 0 Å². The molecular formula is C39H41N5O8S. The van der Waals surface area contributed by atoms with Gasteiger partial charge in [-0.05, 0) is 87.2 Å². The number of anilines is 1. The number of methoxy groups -OCH3 is 1. The lowest BCUT2D eigenvalue weighted by molar-refractivity contribution is -0.118. The van der Waals surface area contributed by atoms with Crippen LogP contribution in [0.4, 0.5) is 5.69 Å². The summed E-state index contributed by atoms with van der Waals surface area (Å²) in [7, 11) is 1.58. The Morgan fingerprint density at radius 3 is 2.51 bits per heavy atom. The zero-order valence-electron chi connectivity index (χ0n) is 29.9. The van der Waals surface area contributed by atoms with E-state index in [1.165, 1.54) is 11.3 Å². The van der Waals surface area contributed by atoms with Crippen LogP contribution in [-0.4, -0.2) is 91.5 Å². The number of amides is 4. The molecule has 0 unspecified atom stereocenters. The largest absolute Gasteiger partial charge is 0.496 e. The number of nitrogens with zero attached hydrogens (tertiary/aromatic N) is 3. The molecule has 0 radical (unpaired) electrons. The van der Waals surface area contributed by atoms with Gasteiger partial charge in [0, 0.05) is 48.4 Å². The van der Waals surface area contributed by atoms with Crippen LogP contribution >= 0.6 is 11.3 Å². The molecule has 0 saturated heterocycles. The van der Waals surface area contributed by atoms with Gasteiger partial charge in [-0.15, -0.1) is 11.3 Å². The number of aromatic nitrogens is 1. The maximum absolute atomic E-state index is 13.8. The van der Waals surface area contributed by atoms with Crippen molar-refractivity contribution in [1.82, 2.24) is 20.1 Å². The van der Waals surface area contributed by atoms with E-state index in [1.807, 2.05) is 26.0 Å². The molecule has 0 atom stereocenters. The van der Waals surface area contributed by atoms with Crippen LogP contribution in [0.15, 0.2) is 48.5 Å². The number of fused-ring (bicyclic) bond motifs is 8. The molecule has 0 saturated carbocycles. The Morgan fingerprint density at radius 1 is 0.849 bits per heavy atom. The van der Waals surface area contributed by atoms with Gasteiger partial charge in [0.25, 0.3) is 23.6 Å². The van der Waals surface area contributed by atoms with Crippen LogP contribution in [0.1, 0.15) is 65.9 Å². The highest BCUT2D eigenvalue weighted by molar-refractivity contribution is 7.13. The van der Waals surface area contributed by atoms with E-state index in [2.05, 4.69) is 15.6 Å². The summed E-state index contributed by atoms with van der Waals surface area (Å²) in [5.74, 6) is 1.30. The molecule has 0 fully saturated rings. The fraction of sp³-hybridized carbons (Fsp3) is 0.359. The van der Waals surface area contributed by atoms with E-state index in [9.17, 15) is 19.2 Å². The van der Waals surface area contributed by atoms with Gasteiger partial charge in [0.2, 0.25) is 0 Å². The molecular weight excluding hydrogens is 699 g/mol. The highest BCUT2D eigenvalue weighted by Gasteiger charge is 2.28. The Labute approximate surface area is 311 Å². The predicted octanol–water partition coefficient (Wildman–Crippen LogP) is 5.24. The summed E-state index contributed by atoms with van der Waals surface area (Å²) in [6.07, 6.45) is 1.84. The van der Waals surface area contributed by atoms with Crippen molar-refractivity contribution in [3.05, 3.63) is 80.8 Å². The molecule has 4 bridgehead atoms. The summed E-state index contributed by atoms with van der Waals surface area (Å²) >= 11 is 1.38. The normalized spacial score (nSPS) is 16.3. The van der Waals surface area contributed by atoms with E-state index >= 15 is 0 Å². The van der Waals surface area contributed by atoms with Gasteiger partial charge >= 0.3 is 0 Å². The predicted molar refractivity (Wildman–Crippen MR) is 198 cm³/mol. The lowest BCUT2D eigenvalue weighted by Crippen LogP contribution is -2.34. The van der Waals surface area contributed by atoms with Crippen molar-refractivity contribution in [1.29, 1.82) is 0 Å². The van der Waals surface area contributed by atoms with E-state index in [1.54, 1.807) is 53.3 Å². The summed E-state index contributed by atoms with van der Waals surface area (Å²) in [4.78, 5) is 61.3. The van der Waals surface area contributed by atoms with E-state index in [0.29, 0.717) is 101 Å². The standard InChI is InChI=1S/C39H41N5O8S/c1-23-36(53-24(2)41-23)39(48)44-14-16-51-35-28(21-44)17-27-20-33(35)50-15-6-13-43(38(47)26-7-9-30-32(19-26)52-22-34(45)42-30)12-5-4-11-40-37(46)25-8-10-31(49-3)29(27)18-25/h7-10,17-20H,4-6,11-16,21-22H2,1-3H3,(H,40,46)(H,42,45). The topological polar surface area (TPSA) is 149 Å². The van der Waals surface area contributed by atoms with Gasteiger partial charge in [0.1, 0.15) is 23.0 Å². The third kappa shape index (κ3) is 7.77. The number of benzene rings is 3. The van der Waals surface area contributed by atoms with Crippen LogP contribution < -0.4 is 29.6 Å².